The molecule has 0 spiro atoms. The second-order valence-electron chi connectivity index (χ2n) is 3.31. The molecule has 6 heteroatoms. The fourth-order valence-electron chi connectivity index (χ4n) is 1.17. The Morgan fingerprint density at radius 2 is 2.19 bits per heavy atom. The highest BCUT2D eigenvalue weighted by molar-refractivity contribution is 6.21. The Morgan fingerprint density at radius 3 is 2.81 bits per heavy atom. The molecule has 16 heavy (non-hydrogen) atoms. The van der Waals surface area contributed by atoms with Crippen molar-refractivity contribution in [2.45, 2.75) is 12.3 Å². The van der Waals surface area contributed by atoms with Gasteiger partial charge in [-0.1, -0.05) is 0 Å². The first-order valence-corrected chi connectivity index (χ1v) is 5.36. The molecule has 0 aromatic carbocycles. The van der Waals surface area contributed by atoms with E-state index < -0.39 is 0 Å². The molecule has 0 bridgehead atoms. The summed E-state index contributed by atoms with van der Waals surface area (Å²) in [5.74, 6) is 1.05. The number of halogens is 1. The van der Waals surface area contributed by atoms with Crippen LogP contribution in [-0.4, -0.2) is 42.7 Å². The molecule has 0 fully saturated rings. The number of aromatic nitrogens is 2. The third kappa shape index (κ3) is 4.20. The van der Waals surface area contributed by atoms with Crippen molar-refractivity contribution in [2.24, 2.45) is 0 Å². The average Bonchev–Trinajstić information content (AvgIpc) is 2.26. The van der Waals surface area contributed by atoms with E-state index >= 15 is 0 Å². The molecule has 0 radical (unpaired) electrons. The largest absolute Gasteiger partial charge is 0.481 e. The summed E-state index contributed by atoms with van der Waals surface area (Å²) in [7, 11) is 3.18. The number of hydrogen-bond acceptors (Lipinski definition) is 5. The maximum Gasteiger partial charge on any atom is 0.226 e. The lowest BCUT2D eigenvalue weighted by molar-refractivity contribution is 0.200. The van der Waals surface area contributed by atoms with Gasteiger partial charge in [-0.05, 0) is 6.92 Å². The molecule has 1 atom stereocenters. The maximum absolute atomic E-state index is 5.97. The van der Waals surface area contributed by atoms with Crippen molar-refractivity contribution >= 4 is 17.5 Å². The molecule has 0 aliphatic carbocycles. The molecule has 0 saturated heterocycles. The lowest BCUT2D eigenvalue weighted by atomic mass is 10.4. The SMILES string of the molecule is COCC(Cl)CNc1nc(C)cc(OC)n1. The number of ether oxygens (including phenoxy) is 2. The highest BCUT2D eigenvalue weighted by Gasteiger charge is 2.06. The van der Waals surface area contributed by atoms with Gasteiger partial charge in [-0.15, -0.1) is 11.6 Å². The normalized spacial score (nSPS) is 12.2. The monoisotopic (exact) mass is 245 g/mol. The molecule has 5 nitrogen and oxygen atoms in total. The van der Waals surface area contributed by atoms with Crippen LogP contribution in [0.2, 0.25) is 0 Å². The number of nitrogens with zero attached hydrogens (tertiary/aromatic N) is 2. The van der Waals surface area contributed by atoms with Gasteiger partial charge < -0.3 is 14.8 Å². The summed E-state index contributed by atoms with van der Waals surface area (Å²) in [4.78, 5) is 8.35. The number of hydrogen-bond donors (Lipinski definition) is 1. The molecule has 1 heterocycles. The number of anilines is 1. The van der Waals surface area contributed by atoms with Gasteiger partial charge >= 0.3 is 0 Å². The van der Waals surface area contributed by atoms with Crippen LogP contribution in [0, 0.1) is 6.92 Å². The van der Waals surface area contributed by atoms with Crippen molar-refractivity contribution < 1.29 is 9.47 Å². The van der Waals surface area contributed by atoms with Gasteiger partial charge in [0.05, 0.1) is 19.1 Å². The fourth-order valence-corrected chi connectivity index (χ4v) is 1.37. The summed E-state index contributed by atoms with van der Waals surface area (Å²) in [6.45, 7) is 2.90. The van der Waals surface area contributed by atoms with Crippen molar-refractivity contribution in [3.63, 3.8) is 0 Å². The third-order valence-electron chi connectivity index (χ3n) is 1.87. The molecule has 0 amide bonds. The Kier molecular flexibility index (Phi) is 5.28. The predicted molar refractivity (Wildman–Crippen MR) is 63.3 cm³/mol. The molecule has 0 aliphatic rings. The number of rotatable bonds is 6. The minimum Gasteiger partial charge on any atom is -0.481 e. The zero-order valence-corrected chi connectivity index (χ0v) is 10.4. The Bertz CT molecular complexity index is 336. The lowest BCUT2D eigenvalue weighted by Crippen LogP contribution is -2.20. The highest BCUT2D eigenvalue weighted by atomic mass is 35.5. The molecule has 1 rings (SSSR count). The van der Waals surface area contributed by atoms with E-state index in [0.717, 1.165) is 5.69 Å². The molecule has 90 valence electrons. The van der Waals surface area contributed by atoms with Gasteiger partial charge in [-0.25, -0.2) is 4.98 Å². The van der Waals surface area contributed by atoms with Crippen LogP contribution in [0.3, 0.4) is 0 Å². The lowest BCUT2D eigenvalue weighted by Gasteiger charge is -2.10. The molecule has 0 aliphatic heterocycles. The van der Waals surface area contributed by atoms with E-state index in [4.69, 9.17) is 21.1 Å². The molecule has 1 aromatic rings. The van der Waals surface area contributed by atoms with Crippen LogP contribution in [0.1, 0.15) is 5.69 Å². The van der Waals surface area contributed by atoms with Crippen molar-refractivity contribution in [2.75, 3.05) is 32.7 Å². The van der Waals surface area contributed by atoms with Crippen LogP contribution in [0.15, 0.2) is 6.07 Å². The van der Waals surface area contributed by atoms with E-state index in [9.17, 15) is 0 Å². The van der Waals surface area contributed by atoms with Gasteiger partial charge in [0, 0.05) is 25.4 Å². The molecule has 1 N–H and O–H groups in total. The van der Waals surface area contributed by atoms with Crippen molar-refractivity contribution in [1.82, 2.24) is 9.97 Å². The summed E-state index contributed by atoms with van der Waals surface area (Å²) in [6.07, 6.45) is 0. The van der Waals surface area contributed by atoms with Crippen LogP contribution < -0.4 is 10.1 Å². The van der Waals surface area contributed by atoms with Gasteiger partial charge in [0.25, 0.3) is 0 Å². The van der Waals surface area contributed by atoms with Crippen molar-refractivity contribution in [1.29, 1.82) is 0 Å². The fraction of sp³-hybridized carbons (Fsp3) is 0.600. The quantitative estimate of drug-likeness (QED) is 0.769. The number of aryl methyl sites for hydroxylation is 1. The van der Waals surface area contributed by atoms with Gasteiger partial charge in [-0.2, -0.15) is 4.98 Å². The second kappa shape index (κ2) is 6.50. The topological polar surface area (TPSA) is 56.3 Å². The van der Waals surface area contributed by atoms with Crippen LogP contribution in [0.4, 0.5) is 5.95 Å². The average molecular weight is 246 g/mol. The molecular weight excluding hydrogens is 230 g/mol. The molecule has 0 saturated carbocycles. The maximum atomic E-state index is 5.97. The minimum atomic E-state index is -0.111. The first-order chi connectivity index (χ1) is 7.65. The molecular formula is C10H16ClN3O2. The van der Waals surface area contributed by atoms with Crippen molar-refractivity contribution in [3.05, 3.63) is 11.8 Å². The zero-order chi connectivity index (χ0) is 12.0. The summed E-state index contributed by atoms with van der Waals surface area (Å²) in [5, 5.41) is 2.92. The predicted octanol–water partition coefficient (Wildman–Crippen LogP) is 1.46. The molecule has 1 aromatic heterocycles. The van der Waals surface area contributed by atoms with E-state index in [1.165, 1.54) is 0 Å². The standard InChI is InChI=1S/C10H16ClN3O2/c1-7-4-9(16-3)14-10(13-7)12-5-8(11)6-15-2/h4,8H,5-6H2,1-3H3,(H,12,13,14). The minimum absolute atomic E-state index is 0.111. The Hall–Kier alpha value is -1.07. The summed E-state index contributed by atoms with van der Waals surface area (Å²) >= 11 is 5.97. The van der Waals surface area contributed by atoms with Crippen LogP contribution in [0.5, 0.6) is 5.88 Å². The number of nitrogens with one attached hydrogen (secondary N) is 1. The Labute approximate surface area is 100 Å². The zero-order valence-electron chi connectivity index (χ0n) is 9.66. The first kappa shape index (κ1) is 13.0. The summed E-state index contributed by atoms with van der Waals surface area (Å²) in [5.41, 5.74) is 0.840. The third-order valence-corrected chi connectivity index (χ3v) is 2.15. The smallest absolute Gasteiger partial charge is 0.226 e. The van der Waals surface area contributed by atoms with Crippen LogP contribution in [-0.2, 0) is 4.74 Å². The van der Waals surface area contributed by atoms with Gasteiger partial charge in [-0.3, -0.25) is 0 Å². The summed E-state index contributed by atoms with van der Waals surface area (Å²) < 4.78 is 9.96. The number of methoxy groups -OCH3 is 2. The second-order valence-corrected chi connectivity index (χ2v) is 3.93. The van der Waals surface area contributed by atoms with E-state index in [1.54, 1.807) is 20.3 Å². The Balaban J connectivity index is 2.56. The van der Waals surface area contributed by atoms with Crippen molar-refractivity contribution in [3.8, 4) is 5.88 Å². The van der Waals surface area contributed by atoms with Crippen LogP contribution in [0.25, 0.3) is 0 Å². The van der Waals surface area contributed by atoms with E-state index in [1.807, 2.05) is 6.92 Å². The Morgan fingerprint density at radius 1 is 1.44 bits per heavy atom. The van der Waals surface area contributed by atoms with Gasteiger partial charge in [0.15, 0.2) is 0 Å². The van der Waals surface area contributed by atoms with Gasteiger partial charge in [0.1, 0.15) is 0 Å². The highest BCUT2D eigenvalue weighted by Crippen LogP contribution is 2.11. The van der Waals surface area contributed by atoms with Crippen LogP contribution >= 0.6 is 11.6 Å². The van der Waals surface area contributed by atoms with E-state index in [0.29, 0.717) is 25.0 Å². The van der Waals surface area contributed by atoms with Gasteiger partial charge in [0.2, 0.25) is 11.8 Å². The number of alkyl halides is 1. The van der Waals surface area contributed by atoms with E-state index in [2.05, 4.69) is 15.3 Å². The first-order valence-electron chi connectivity index (χ1n) is 4.92. The summed E-state index contributed by atoms with van der Waals surface area (Å²) in [6, 6.07) is 1.76. The van der Waals surface area contributed by atoms with E-state index in [-0.39, 0.29) is 5.38 Å². The molecule has 1 unspecified atom stereocenters.